The van der Waals surface area contributed by atoms with Crippen molar-refractivity contribution >= 4 is 5.82 Å². The number of rotatable bonds is 3. The topological polar surface area (TPSA) is 48.7 Å². The second-order valence-corrected chi connectivity index (χ2v) is 4.45. The van der Waals surface area contributed by atoms with Gasteiger partial charge in [0.15, 0.2) is 0 Å². The van der Waals surface area contributed by atoms with Crippen molar-refractivity contribution in [3.63, 3.8) is 0 Å². The number of aryl methyl sites for hydroxylation is 1. The largest absolute Gasteiger partial charge is 0.344 e. The lowest BCUT2D eigenvalue weighted by Gasteiger charge is -2.10. The van der Waals surface area contributed by atoms with Crippen molar-refractivity contribution in [2.24, 2.45) is 0 Å². The standard InChI is InChI=1S/C16H15N3/c1-11(2)19-16-12(3)8-14(10-18-16)15-7-5-4-6-13(15)9-17/h4-8,10H,1H2,2-3H3,(H,18,19). The molecule has 2 aromatic rings. The number of nitrogens with one attached hydrogen (secondary N) is 1. The highest BCUT2D eigenvalue weighted by Crippen LogP contribution is 2.25. The summed E-state index contributed by atoms with van der Waals surface area (Å²) in [7, 11) is 0. The minimum Gasteiger partial charge on any atom is -0.344 e. The third-order valence-electron chi connectivity index (χ3n) is 2.77. The second-order valence-electron chi connectivity index (χ2n) is 4.45. The van der Waals surface area contributed by atoms with Crippen LogP contribution in [-0.4, -0.2) is 4.98 Å². The molecule has 0 fully saturated rings. The molecule has 0 aliphatic heterocycles. The van der Waals surface area contributed by atoms with Gasteiger partial charge in [-0.2, -0.15) is 5.26 Å². The number of hydrogen-bond acceptors (Lipinski definition) is 3. The zero-order chi connectivity index (χ0) is 13.8. The Morgan fingerprint density at radius 2 is 2.11 bits per heavy atom. The Kier molecular flexibility index (Phi) is 3.63. The van der Waals surface area contributed by atoms with Crippen molar-refractivity contribution in [2.75, 3.05) is 5.32 Å². The van der Waals surface area contributed by atoms with Gasteiger partial charge in [0, 0.05) is 23.0 Å². The van der Waals surface area contributed by atoms with Crippen LogP contribution in [0.4, 0.5) is 5.82 Å². The van der Waals surface area contributed by atoms with Gasteiger partial charge in [0.05, 0.1) is 11.6 Å². The van der Waals surface area contributed by atoms with Crippen LogP contribution in [0.2, 0.25) is 0 Å². The van der Waals surface area contributed by atoms with E-state index >= 15 is 0 Å². The Balaban J connectivity index is 2.45. The summed E-state index contributed by atoms with van der Waals surface area (Å²) in [5.41, 5.74) is 4.38. The van der Waals surface area contributed by atoms with E-state index < -0.39 is 0 Å². The highest BCUT2D eigenvalue weighted by atomic mass is 15.0. The van der Waals surface area contributed by atoms with Gasteiger partial charge in [-0.3, -0.25) is 0 Å². The first-order valence-electron chi connectivity index (χ1n) is 6.00. The molecular weight excluding hydrogens is 234 g/mol. The molecule has 2 rings (SSSR count). The van der Waals surface area contributed by atoms with E-state index in [1.54, 1.807) is 6.20 Å². The van der Waals surface area contributed by atoms with Gasteiger partial charge in [-0.15, -0.1) is 0 Å². The van der Waals surface area contributed by atoms with Gasteiger partial charge in [0.1, 0.15) is 5.82 Å². The smallest absolute Gasteiger partial charge is 0.132 e. The lowest BCUT2D eigenvalue weighted by atomic mass is 10.0. The van der Waals surface area contributed by atoms with E-state index in [-0.39, 0.29) is 0 Å². The van der Waals surface area contributed by atoms with Crippen LogP contribution >= 0.6 is 0 Å². The molecule has 19 heavy (non-hydrogen) atoms. The fourth-order valence-electron chi connectivity index (χ4n) is 1.89. The van der Waals surface area contributed by atoms with Gasteiger partial charge >= 0.3 is 0 Å². The minimum atomic E-state index is 0.657. The summed E-state index contributed by atoms with van der Waals surface area (Å²) in [5.74, 6) is 0.797. The molecule has 0 spiro atoms. The molecule has 0 atom stereocenters. The van der Waals surface area contributed by atoms with Crippen LogP contribution in [0.1, 0.15) is 18.1 Å². The van der Waals surface area contributed by atoms with E-state index in [2.05, 4.69) is 22.9 Å². The highest BCUT2D eigenvalue weighted by Gasteiger charge is 2.07. The molecule has 0 bridgehead atoms. The Hall–Kier alpha value is -2.60. The van der Waals surface area contributed by atoms with Gasteiger partial charge in [-0.25, -0.2) is 4.98 Å². The Morgan fingerprint density at radius 1 is 1.37 bits per heavy atom. The number of aromatic nitrogens is 1. The van der Waals surface area contributed by atoms with Gasteiger partial charge in [0.2, 0.25) is 0 Å². The Morgan fingerprint density at radius 3 is 2.74 bits per heavy atom. The molecule has 0 saturated carbocycles. The van der Waals surface area contributed by atoms with Crippen LogP contribution < -0.4 is 5.32 Å². The summed E-state index contributed by atoms with van der Waals surface area (Å²) in [4.78, 5) is 4.39. The predicted molar refractivity (Wildman–Crippen MR) is 77.6 cm³/mol. The Labute approximate surface area is 113 Å². The second kappa shape index (κ2) is 5.36. The molecule has 0 aliphatic carbocycles. The van der Waals surface area contributed by atoms with Crippen molar-refractivity contribution in [2.45, 2.75) is 13.8 Å². The van der Waals surface area contributed by atoms with Crippen LogP contribution in [-0.2, 0) is 0 Å². The molecule has 0 saturated heterocycles. The molecule has 0 unspecified atom stereocenters. The monoisotopic (exact) mass is 249 g/mol. The van der Waals surface area contributed by atoms with E-state index in [9.17, 15) is 0 Å². The van der Waals surface area contributed by atoms with Gasteiger partial charge < -0.3 is 5.32 Å². The summed E-state index contributed by atoms with van der Waals surface area (Å²) < 4.78 is 0. The Bertz CT molecular complexity index is 666. The molecule has 94 valence electrons. The first kappa shape index (κ1) is 12.8. The molecule has 3 nitrogen and oxygen atoms in total. The summed E-state index contributed by atoms with van der Waals surface area (Å²) >= 11 is 0. The van der Waals surface area contributed by atoms with E-state index in [0.29, 0.717) is 5.56 Å². The van der Waals surface area contributed by atoms with Crippen molar-refractivity contribution in [3.8, 4) is 17.2 Å². The van der Waals surface area contributed by atoms with Crippen LogP contribution in [0.15, 0.2) is 48.8 Å². The van der Waals surface area contributed by atoms with Gasteiger partial charge in [0.25, 0.3) is 0 Å². The average molecular weight is 249 g/mol. The lowest BCUT2D eigenvalue weighted by Crippen LogP contribution is -1.99. The van der Waals surface area contributed by atoms with E-state index in [0.717, 1.165) is 28.2 Å². The number of benzene rings is 1. The molecular formula is C16H15N3. The van der Waals surface area contributed by atoms with Crippen LogP contribution in [0.5, 0.6) is 0 Å². The van der Waals surface area contributed by atoms with E-state index in [1.165, 1.54) is 0 Å². The summed E-state index contributed by atoms with van der Waals surface area (Å²) in [5, 5.41) is 12.2. The van der Waals surface area contributed by atoms with E-state index in [1.807, 2.05) is 44.2 Å². The minimum absolute atomic E-state index is 0.657. The van der Waals surface area contributed by atoms with Crippen LogP contribution in [0.25, 0.3) is 11.1 Å². The maximum absolute atomic E-state index is 9.13. The quantitative estimate of drug-likeness (QED) is 0.898. The van der Waals surface area contributed by atoms with E-state index in [4.69, 9.17) is 5.26 Å². The number of pyridine rings is 1. The van der Waals surface area contributed by atoms with Gasteiger partial charge in [-0.1, -0.05) is 24.8 Å². The van der Waals surface area contributed by atoms with Crippen molar-refractivity contribution < 1.29 is 0 Å². The summed E-state index contributed by atoms with van der Waals surface area (Å²) in [6.07, 6.45) is 1.77. The van der Waals surface area contributed by atoms with Gasteiger partial charge in [-0.05, 0) is 31.5 Å². The molecule has 0 amide bonds. The number of hydrogen-bond donors (Lipinski definition) is 1. The highest BCUT2D eigenvalue weighted by molar-refractivity contribution is 5.71. The predicted octanol–water partition coefficient (Wildman–Crippen LogP) is 3.87. The summed E-state index contributed by atoms with van der Waals surface area (Å²) in [6.45, 7) is 7.68. The third-order valence-corrected chi connectivity index (χ3v) is 2.77. The van der Waals surface area contributed by atoms with Crippen molar-refractivity contribution in [1.29, 1.82) is 5.26 Å². The fraction of sp³-hybridized carbons (Fsp3) is 0.125. The lowest BCUT2D eigenvalue weighted by molar-refractivity contribution is 1.22. The number of nitriles is 1. The zero-order valence-corrected chi connectivity index (χ0v) is 11.1. The fourth-order valence-corrected chi connectivity index (χ4v) is 1.89. The third kappa shape index (κ3) is 2.80. The number of nitrogens with zero attached hydrogens (tertiary/aromatic N) is 2. The zero-order valence-electron chi connectivity index (χ0n) is 11.1. The maximum Gasteiger partial charge on any atom is 0.132 e. The summed E-state index contributed by atoms with van der Waals surface area (Å²) in [6, 6.07) is 11.7. The molecule has 1 N–H and O–H groups in total. The van der Waals surface area contributed by atoms with Crippen LogP contribution in [0, 0.1) is 18.3 Å². The molecule has 0 aliphatic rings. The van der Waals surface area contributed by atoms with Crippen molar-refractivity contribution in [3.05, 3.63) is 59.9 Å². The first-order chi connectivity index (χ1) is 9.11. The maximum atomic E-state index is 9.13. The first-order valence-corrected chi connectivity index (χ1v) is 6.00. The number of allylic oxidation sites excluding steroid dienone is 1. The molecule has 1 heterocycles. The molecule has 1 aromatic heterocycles. The van der Waals surface area contributed by atoms with Crippen molar-refractivity contribution in [1.82, 2.24) is 4.98 Å². The molecule has 1 aromatic carbocycles. The normalized spacial score (nSPS) is 9.74. The SMILES string of the molecule is C=C(C)Nc1ncc(-c2ccccc2C#N)cc1C. The van der Waals surface area contributed by atoms with Crippen LogP contribution in [0.3, 0.4) is 0 Å². The number of anilines is 1. The average Bonchev–Trinajstić information content (AvgIpc) is 2.40. The molecule has 0 radical (unpaired) electrons. The molecule has 3 heteroatoms.